The maximum atomic E-state index is 12.9. The Labute approximate surface area is 195 Å². The molecule has 2 aromatic carbocycles. The molecule has 5 nitrogen and oxygen atoms in total. The number of thioether (sulfide) groups is 1. The van der Waals surface area contributed by atoms with E-state index in [1.54, 1.807) is 11.8 Å². The zero-order chi connectivity index (χ0) is 23.8. The van der Waals surface area contributed by atoms with E-state index in [0.29, 0.717) is 35.2 Å². The fraction of sp³-hybridized carbons (Fsp3) is 0.304. The van der Waals surface area contributed by atoms with Gasteiger partial charge >= 0.3 is 6.18 Å². The van der Waals surface area contributed by atoms with E-state index in [0.717, 1.165) is 38.9 Å². The summed E-state index contributed by atoms with van der Waals surface area (Å²) < 4.78 is 50.0. The van der Waals surface area contributed by atoms with Gasteiger partial charge in [0.15, 0.2) is 10.5 Å². The smallest absolute Gasteiger partial charge is 0.416 e. The molecular formula is C23H20F3NO4S2. The van der Waals surface area contributed by atoms with Crippen LogP contribution in [0.1, 0.15) is 22.4 Å². The number of aromatic nitrogens is 1. The van der Waals surface area contributed by atoms with Crippen molar-refractivity contribution >= 4 is 28.2 Å². The minimum Gasteiger partial charge on any atom is -0.546 e. The second-order valence-corrected chi connectivity index (χ2v) is 10.7. The topological polar surface area (TPSA) is 71.5 Å². The van der Waals surface area contributed by atoms with Crippen molar-refractivity contribution in [3.8, 4) is 22.1 Å². The number of ether oxygens (including phenoxy) is 2. The highest BCUT2D eigenvalue weighted by atomic mass is 32.2. The molecule has 0 spiro atoms. The zero-order valence-corrected chi connectivity index (χ0v) is 19.5. The van der Waals surface area contributed by atoms with Gasteiger partial charge in [0, 0.05) is 22.5 Å². The molecule has 0 amide bonds. The summed E-state index contributed by atoms with van der Waals surface area (Å²) in [4.78, 5) is 16.3. The van der Waals surface area contributed by atoms with Crippen molar-refractivity contribution in [2.75, 3.05) is 13.2 Å². The fourth-order valence-electron chi connectivity index (χ4n) is 3.64. The van der Waals surface area contributed by atoms with Crippen LogP contribution in [-0.4, -0.2) is 24.2 Å². The average molecular weight is 496 g/mol. The number of carbonyl (C=O) groups is 1. The van der Waals surface area contributed by atoms with Crippen molar-refractivity contribution in [3.05, 3.63) is 58.1 Å². The van der Waals surface area contributed by atoms with Crippen LogP contribution in [0.15, 0.2) is 40.6 Å². The lowest BCUT2D eigenvalue weighted by molar-refractivity contribution is -0.307. The molecule has 0 saturated carbocycles. The fourth-order valence-corrected chi connectivity index (χ4v) is 7.22. The van der Waals surface area contributed by atoms with Crippen molar-refractivity contribution in [1.29, 1.82) is 0 Å². The first-order valence-corrected chi connectivity index (χ1v) is 12.5. The third-order valence-corrected chi connectivity index (χ3v) is 8.60. The number of halogens is 3. The Morgan fingerprint density at radius 2 is 2.00 bits per heavy atom. The predicted molar refractivity (Wildman–Crippen MR) is 119 cm³/mol. The highest BCUT2D eigenvalue weighted by molar-refractivity contribution is 8.01. The van der Waals surface area contributed by atoms with Crippen LogP contribution in [0.2, 0.25) is 0 Å². The van der Waals surface area contributed by atoms with E-state index in [9.17, 15) is 23.1 Å². The van der Waals surface area contributed by atoms with Gasteiger partial charge in [-0.25, -0.2) is 0 Å². The van der Waals surface area contributed by atoms with Gasteiger partial charge in [0.25, 0.3) is 5.01 Å². The van der Waals surface area contributed by atoms with Crippen LogP contribution in [0.3, 0.4) is 0 Å². The van der Waals surface area contributed by atoms with E-state index in [1.165, 1.54) is 12.1 Å². The molecule has 2 heterocycles. The molecule has 1 unspecified atom stereocenters. The SMILES string of the molecule is Cc1c[s+](CSc2cc(C)c(OCC(=O)[O-])c3c2OCC3)c(-c2ccc(C(F)(F)F)cc2)n1. The van der Waals surface area contributed by atoms with E-state index < -0.39 is 34.8 Å². The molecule has 0 bridgehead atoms. The lowest BCUT2D eigenvalue weighted by Gasteiger charge is -2.15. The quantitative estimate of drug-likeness (QED) is 0.341. The summed E-state index contributed by atoms with van der Waals surface area (Å²) in [6.07, 6.45) is -3.76. The molecule has 4 rings (SSSR count). The molecule has 3 aromatic rings. The van der Waals surface area contributed by atoms with Crippen LogP contribution in [-0.2, 0) is 22.5 Å². The van der Waals surface area contributed by atoms with Crippen molar-refractivity contribution in [2.45, 2.75) is 36.4 Å². The number of nitrogens with zero attached hydrogens (tertiary/aromatic N) is 1. The largest absolute Gasteiger partial charge is 0.546 e. The molecule has 1 aromatic heterocycles. The lowest BCUT2D eigenvalue weighted by Crippen LogP contribution is -2.29. The van der Waals surface area contributed by atoms with E-state index in [4.69, 9.17) is 9.47 Å². The van der Waals surface area contributed by atoms with Gasteiger partial charge < -0.3 is 19.4 Å². The molecule has 0 radical (unpaired) electrons. The standard InChI is InChI=1S/C23H20F3NO4S2/c1-13-9-18(21-17(7-8-30-21)20(13)31-10-19(28)29)32-12-33-11-14(2)27-22(33)15-3-5-16(6-4-15)23(24,25)26/h3-6,9,11H,7-8,10,12H2,1-2H3. The molecule has 1 atom stereocenters. The summed E-state index contributed by atoms with van der Waals surface area (Å²) in [6, 6.07) is 7.00. The molecular weight excluding hydrogens is 475 g/mol. The summed E-state index contributed by atoms with van der Waals surface area (Å²) in [5.41, 5.74) is 2.46. The van der Waals surface area contributed by atoms with Crippen molar-refractivity contribution in [1.82, 2.24) is 4.98 Å². The molecule has 1 aliphatic rings. The van der Waals surface area contributed by atoms with Gasteiger partial charge in [-0.15, -0.1) is 0 Å². The number of rotatable bonds is 7. The van der Waals surface area contributed by atoms with Gasteiger partial charge in [0.05, 0.1) is 34.3 Å². The van der Waals surface area contributed by atoms with Crippen LogP contribution in [0, 0.1) is 13.8 Å². The van der Waals surface area contributed by atoms with Gasteiger partial charge in [-0.2, -0.15) is 18.2 Å². The molecule has 1 aliphatic heterocycles. The van der Waals surface area contributed by atoms with Gasteiger partial charge in [-0.3, -0.25) is 0 Å². The monoisotopic (exact) mass is 495 g/mol. The van der Waals surface area contributed by atoms with Crippen LogP contribution in [0.5, 0.6) is 11.5 Å². The second kappa shape index (κ2) is 9.26. The van der Waals surface area contributed by atoms with Gasteiger partial charge in [0.2, 0.25) is 0 Å². The Balaban J connectivity index is 1.58. The highest BCUT2D eigenvalue weighted by Crippen LogP contribution is 2.47. The molecule has 33 heavy (non-hydrogen) atoms. The van der Waals surface area contributed by atoms with E-state index >= 15 is 0 Å². The second-order valence-electron chi connectivity index (χ2n) is 7.53. The summed E-state index contributed by atoms with van der Waals surface area (Å²) in [7, 11) is -0.396. The van der Waals surface area contributed by atoms with E-state index in [-0.39, 0.29) is 0 Å². The number of alkyl halides is 3. The maximum absolute atomic E-state index is 12.9. The number of carbonyl (C=O) groups excluding carboxylic acids is 1. The average Bonchev–Trinajstić information content (AvgIpc) is 3.37. The lowest BCUT2D eigenvalue weighted by atomic mass is 10.1. The number of hydrogen-bond donors (Lipinski definition) is 0. The van der Waals surface area contributed by atoms with E-state index in [1.807, 2.05) is 25.3 Å². The highest BCUT2D eigenvalue weighted by Gasteiger charge is 2.31. The van der Waals surface area contributed by atoms with Crippen LogP contribution >= 0.6 is 22.2 Å². The molecule has 0 fully saturated rings. The van der Waals surface area contributed by atoms with Crippen LogP contribution in [0.25, 0.3) is 10.6 Å². The van der Waals surface area contributed by atoms with Crippen molar-refractivity contribution < 1.29 is 32.5 Å². The van der Waals surface area contributed by atoms with Crippen LogP contribution < -0.4 is 14.6 Å². The Hall–Kier alpha value is -2.72. The third kappa shape index (κ3) is 5.11. The summed E-state index contributed by atoms with van der Waals surface area (Å²) in [6.45, 7) is 3.68. The Kier molecular flexibility index (Phi) is 6.58. The summed E-state index contributed by atoms with van der Waals surface area (Å²) in [5.74, 6) is -0.0854. The first-order valence-electron chi connectivity index (χ1n) is 10.0. The van der Waals surface area contributed by atoms with E-state index in [2.05, 4.69) is 4.98 Å². The maximum Gasteiger partial charge on any atom is 0.416 e. The first kappa shape index (κ1) is 23.4. The molecule has 0 aliphatic carbocycles. The number of fused-ring (bicyclic) bond motifs is 1. The number of thiazole rings is 1. The molecule has 10 heteroatoms. The normalized spacial score (nSPS) is 13.5. The molecule has 174 valence electrons. The minimum atomic E-state index is -4.38. The van der Waals surface area contributed by atoms with Crippen LogP contribution in [0.4, 0.5) is 13.2 Å². The van der Waals surface area contributed by atoms with Gasteiger partial charge in [-0.1, -0.05) is 11.8 Å². The Morgan fingerprint density at radius 3 is 2.67 bits per heavy atom. The number of carboxylic acids is 1. The number of benzene rings is 2. The van der Waals surface area contributed by atoms with Gasteiger partial charge in [-0.05, 0) is 49.7 Å². The zero-order valence-electron chi connectivity index (χ0n) is 17.8. The Morgan fingerprint density at radius 1 is 1.27 bits per heavy atom. The van der Waals surface area contributed by atoms with Crippen molar-refractivity contribution in [2.24, 2.45) is 0 Å². The third-order valence-electron chi connectivity index (χ3n) is 5.05. The minimum absolute atomic E-state index is 0.396. The number of carboxylic acid groups (broad SMARTS) is 1. The number of aliphatic carboxylic acids is 1. The van der Waals surface area contributed by atoms with Gasteiger partial charge in [0.1, 0.15) is 18.1 Å². The molecule has 0 saturated heterocycles. The summed E-state index contributed by atoms with van der Waals surface area (Å²) >= 11 is 1.58. The molecule has 0 N–H and O–H groups in total. The Bertz CT molecular complexity index is 1190. The predicted octanol–water partition coefficient (Wildman–Crippen LogP) is 4.95. The number of aryl methyl sites for hydroxylation is 2. The first-order chi connectivity index (χ1) is 15.6. The van der Waals surface area contributed by atoms with Crippen molar-refractivity contribution in [3.63, 3.8) is 0 Å². The summed E-state index contributed by atoms with van der Waals surface area (Å²) in [5, 5.41) is 14.2. The number of hydrogen-bond acceptors (Lipinski definition) is 6.